The van der Waals surface area contributed by atoms with Crippen LogP contribution in [0.15, 0.2) is 60.2 Å². The molecule has 0 atom stereocenters. The van der Waals surface area contributed by atoms with Crippen LogP contribution in [0, 0.1) is 25.2 Å². The normalized spacial score (nSPS) is 11.2. The van der Waals surface area contributed by atoms with Crippen LogP contribution in [0.3, 0.4) is 0 Å². The monoisotopic (exact) mass is 403 g/mol. The fourth-order valence-corrected chi connectivity index (χ4v) is 3.57. The quantitative estimate of drug-likeness (QED) is 0.428. The maximum absolute atomic E-state index is 12.6. The smallest absolute Gasteiger partial charge is 0.266 e. The predicted octanol–water partition coefficient (Wildman–Crippen LogP) is 5.86. The van der Waals surface area contributed by atoms with E-state index in [4.69, 9.17) is 11.6 Å². The summed E-state index contributed by atoms with van der Waals surface area (Å²) in [6, 6.07) is 19.2. The van der Waals surface area contributed by atoms with Gasteiger partial charge >= 0.3 is 0 Å². The Morgan fingerprint density at radius 1 is 1.17 bits per heavy atom. The molecular formula is C24H22ClN3O. The zero-order valence-electron chi connectivity index (χ0n) is 16.7. The Morgan fingerprint density at radius 2 is 1.86 bits per heavy atom. The Kier molecular flexibility index (Phi) is 6.21. The van der Waals surface area contributed by atoms with Crippen molar-refractivity contribution in [3.05, 3.63) is 87.7 Å². The number of hydrogen-bond acceptors (Lipinski definition) is 2. The largest absolute Gasteiger partial charge is 0.320 e. The number of benzene rings is 2. The SMILES string of the molecule is CCc1ccccc1-n1c(C)cc(/C=C(/C#N)C(=O)Nc2ccccc2Cl)c1C. The van der Waals surface area contributed by atoms with Crippen LogP contribution in [-0.2, 0) is 11.2 Å². The van der Waals surface area contributed by atoms with Crippen LogP contribution in [0.25, 0.3) is 11.8 Å². The molecule has 1 heterocycles. The van der Waals surface area contributed by atoms with Crippen molar-refractivity contribution in [1.29, 1.82) is 5.26 Å². The lowest BCUT2D eigenvalue weighted by Crippen LogP contribution is -2.13. The van der Waals surface area contributed by atoms with Gasteiger partial charge in [-0.05, 0) is 61.7 Å². The molecule has 29 heavy (non-hydrogen) atoms. The third-order valence-corrected chi connectivity index (χ3v) is 5.20. The number of halogens is 1. The Morgan fingerprint density at radius 3 is 2.55 bits per heavy atom. The summed E-state index contributed by atoms with van der Waals surface area (Å²) in [7, 11) is 0. The van der Waals surface area contributed by atoms with E-state index in [0.717, 1.165) is 29.1 Å². The first-order chi connectivity index (χ1) is 14.0. The minimum Gasteiger partial charge on any atom is -0.320 e. The fourth-order valence-electron chi connectivity index (χ4n) is 3.39. The fraction of sp³-hybridized carbons (Fsp3) is 0.167. The molecule has 1 N–H and O–H groups in total. The Bertz CT molecular complexity index is 1140. The molecule has 0 unspecified atom stereocenters. The van der Waals surface area contributed by atoms with Gasteiger partial charge in [-0.15, -0.1) is 0 Å². The third kappa shape index (κ3) is 4.26. The number of carbonyl (C=O) groups is 1. The second-order valence-corrected chi connectivity index (χ2v) is 7.16. The van der Waals surface area contributed by atoms with Crippen LogP contribution in [0.4, 0.5) is 5.69 Å². The lowest BCUT2D eigenvalue weighted by Gasteiger charge is -2.14. The molecule has 0 saturated heterocycles. The Balaban J connectivity index is 1.98. The molecule has 4 nitrogen and oxygen atoms in total. The lowest BCUT2D eigenvalue weighted by atomic mass is 10.1. The Labute approximate surface area is 176 Å². The molecule has 146 valence electrons. The van der Waals surface area contributed by atoms with Crippen LogP contribution in [0.5, 0.6) is 0 Å². The third-order valence-electron chi connectivity index (χ3n) is 4.87. The molecule has 0 fully saturated rings. The number of aryl methyl sites for hydroxylation is 2. The van der Waals surface area contributed by atoms with Crippen LogP contribution in [0.2, 0.25) is 5.02 Å². The van der Waals surface area contributed by atoms with Crippen molar-refractivity contribution in [3.63, 3.8) is 0 Å². The summed E-state index contributed by atoms with van der Waals surface area (Å²) in [4.78, 5) is 12.6. The van der Waals surface area contributed by atoms with E-state index in [-0.39, 0.29) is 5.57 Å². The van der Waals surface area contributed by atoms with Gasteiger partial charge in [-0.25, -0.2) is 0 Å². The number of nitrogens with one attached hydrogen (secondary N) is 1. The van der Waals surface area contributed by atoms with E-state index in [1.54, 1.807) is 30.3 Å². The predicted molar refractivity (Wildman–Crippen MR) is 118 cm³/mol. The van der Waals surface area contributed by atoms with Gasteiger partial charge in [0.15, 0.2) is 0 Å². The van der Waals surface area contributed by atoms with Crippen LogP contribution in [0.1, 0.15) is 29.4 Å². The molecular weight excluding hydrogens is 382 g/mol. The molecule has 0 aliphatic carbocycles. The number of para-hydroxylation sites is 2. The second kappa shape index (κ2) is 8.81. The van der Waals surface area contributed by atoms with E-state index in [2.05, 4.69) is 28.9 Å². The van der Waals surface area contributed by atoms with Crippen LogP contribution >= 0.6 is 11.6 Å². The molecule has 0 spiro atoms. The highest BCUT2D eigenvalue weighted by atomic mass is 35.5. The van der Waals surface area contributed by atoms with Crippen molar-refractivity contribution in [2.75, 3.05) is 5.32 Å². The summed E-state index contributed by atoms with van der Waals surface area (Å²) in [5.41, 5.74) is 5.70. The summed E-state index contributed by atoms with van der Waals surface area (Å²) in [5.74, 6) is -0.487. The summed E-state index contributed by atoms with van der Waals surface area (Å²) >= 11 is 6.10. The molecule has 2 aromatic carbocycles. The molecule has 3 rings (SSSR count). The van der Waals surface area contributed by atoms with Crippen molar-refractivity contribution in [2.45, 2.75) is 27.2 Å². The van der Waals surface area contributed by atoms with E-state index in [9.17, 15) is 10.1 Å². The highest BCUT2D eigenvalue weighted by Gasteiger charge is 2.15. The average Bonchev–Trinajstić information content (AvgIpc) is 3.00. The summed E-state index contributed by atoms with van der Waals surface area (Å²) in [6.07, 6.45) is 2.54. The van der Waals surface area contributed by atoms with E-state index in [1.807, 2.05) is 38.1 Å². The first-order valence-electron chi connectivity index (χ1n) is 9.41. The maximum atomic E-state index is 12.6. The number of nitriles is 1. The van der Waals surface area contributed by atoms with Gasteiger partial charge in [-0.2, -0.15) is 5.26 Å². The first-order valence-corrected chi connectivity index (χ1v) is 9.79. The van der Waals surface area contributed by atoms with E-state index >= 15 is 0 Å². The summed E-state index contributed by atoms with van der Waals surface area (Å²) < 4.78 is 2.16. The zero-order chi connectivity index (χ0) is 21.0. The number of amides is 1. The van der Waals surface area contributed by atoms with Gasteiger partial charge in [0, 0.05) is 17.1 Å². The molecule has 3 aromatic rings. The average molecular weight is 404 g/mol. The molecule has 0 bridgehead atoms. The number of rotatable bonds is 5. The number of aromatic nitrogens is 1. The van der Waals surface area contributed by atoms with Gasteiger partial charge in [-0.3, -0.25) is 4.79 Å². The molecule has 1 amide bonds. The van der Waals surface area contributed by atoms with Crippen LogP contribution in [-0.4, -0.2) is 10.5 Å². The topological polar surface area (TPSA) is 57.8 Å². The van der Waals surface area contributed by atoms with Crippen molar-refractivity contribution in [1.82, 2.24) is 4.57 Å². The van der Waals surface area contributed by atoms with Crippen molar-refractivity contribution in [2.24, 2.45) is 0 Å². The van der Waals surface area contributed by atoms with Gasteiger partial charge in [0.1, 0.15) is 11.6 Å². The van der Waals surface area contributed by atoms with Gasteiger partial charge in [0.25, 0.3) is 5.91 Å². The second-order valence-electron chi connectivity index (χ2n) is 6.75. The standard InChI is InChI=1S/C24H22ClN3O/c1-4-18-9-5-8-12-23(18)28-16(2)13-19(17(28)3)14-20(15-26)24(29)27-22-11-7-6-10-21(22)25/h5-14H,4H2,1-3H3,(H,27,29)/b20-14-. The minimum atomic E-state index is -0.487. The lowest BCUT2D eigenvalue weighted by molar-refractivity contribution is -0.112. The van der Waals surface area contributed by atoms with Gasteiger partial charge in [0.05, 0.1) is 10.7 Å². The van der Waals surface area contributed by atoms with Gasteiger partial charge in [0.2, 0.25) is 0 Å². The van der Waals surface area contributed by atoms with E-state index < -0.39 is 5.91 Å². The highest BCUT2D eigenvalue weighted by Crippen LogP contribution is 2.26. The summed E-state index contributed by atoms with van der Waals surface area (Å²) in [6.45, 7) is 6.14. The number of nitrogens with zero attached hydrogens (tertiary/aromatic N) is 2. The zero-order valence-corrected chi connectivity index (χ0v) is 17.4. The molecule has 0 aliphatic heterocycles. The van der Waals surface area contributed by atoms with Crippen molar-refractivity contribution >= 4 is 29.3 Å². The van der Waals surface area contributed by atoms with Crippen molar-refractivity contribution in [3.8, 4) is 11.8 Å². The summed E-state index contributed by atoms with van der Waals surface area (Å²) in [5, 5.41) is 12.7. The Hall–Kier alpha value is -3.29. The number of hydrogen-bond donors (Lipinski definition) is 1. The molecule has 0 saturated carbocycles. The van der Waals surface area contributed by atoms with Gasteiger partial charge < -0.3 is 9.88 Å². The number of carbonyl (C=O) groups excluding carboxylic acids is 1. The van der Waals surface area contributed by atoms with E-state index in [0.29, 0.717) is 10.7 Å². The molecule has 0 radical (unpaired) electrons. The first kappa shape index (κ1) is 20.4. The molecule has 5 heteroatoms. The minimum absolute atomic E-state index is 0.0222. The number of anilines is 1. The highest BCUT2D eigenvalue weighted by molar-refractivity contribution is 6.34. The molecule has 0 aliphatic rings. The maximum Gasteiger partial charge on any atom is 0.266 e. The van der Waals surface area contributed by atoms with Crippen LogP contribution < -0.4 is 5.32 Å². The molecule has 1 aromatic heterocycles. The van der Waals surface area contributed by atoms with Crippen molar-refractivity contribution < 1.29 is 4.79 Å². The van der Waals surface area contributed by atoms with E-state index in [1.165, 1.54) is 5.56 Å². The van der Waals surface area contributed by atoms with Gasteiger partial charge in [-0.1, -0.05) is 48.9 Å².